The molecular weight excluding hydrogens is 426 g/mol. The van der Waals surface area contributed by atoms with Crippen LogP contribution >= 0.6 is 11.6 Å². The summed E-state index contributed by atoms with van der Waals surface area (Å²) < 4.78 is 5.25. The maximum absolute atomic E-state index is 11.8. The van der Waals surface area contributed by atoms with Crippen LogP contribution in [0.5, 0.6) is 0 Å². The minimum Gasteiger partial charge on any atom is -0.444 e. The Bertz CT molecular complexity index is 904. The van der Waals surface area contributed by atoms with Crippen molar-refractivity contribution in [2.45, 2.75) is 59.6 Å². The van der Waals surface area contributed by atoms with Gasteiger partial charge in [0, 0.05) is 30.3 Å². The number of carbonyl (C=O) groups is 1. The molecular formula is C24H34ClN5O2. The molecule has 0 spiro atoms. The molecule has 2 aromatic rings. The average molecular weight is 460 g/mol. The molecule has 0 saturated carbocycles. The third kappa shape index (κ3) is 6.99. The van der Waals surface area contributed by atoms with Crippen molar-refractivity contribution in [3.05, 3.63) is 41.2 Å². The number of amides is 1. The topological polar surface area (TPSA) is 79.4 Å². The number of ether oxygens (including phenoxy) is 1. The molecule has 0 unspecified atom stereocenters. The summed E-state index contributed by atoms with van der Waals surface area (Å²) in [4.78, 5) is 23.2. The second-order valence-electron chi connectivity index (χ2n) is 9.63. The Morgan fingerprint density at radius 3 is 2.41 bits per heavy atom. The van der Waals surface area contributed by atoms with E-state index in [0.29, 0.717) is 11.6 Å². The molecule has 1 aromatic carbocycles. The van der Waals surface area contributed by atoms with Gasteiger partial charge in [-0.3, -0.25) is 0 Å². The van der Waals surface area contributed by atoms with E-state index in [1.54, 1.807) is 12.4 Å². The van der Waals surface area contributed by atoms with E-state index in [2.05, 4.69) is 39.3 Å². The fourth-order valence-electron chi connectivity index (χ4n) is 3.73. The lowest BCUT2D eigenvalue weighted by atomic mass is 9.87. The van der Waals surface area contributed by atoms with Gasteiger partial charge in [0.25, 0.3) is 0 Å². The lowest BCUT2D eigenvalue weighted by Gasteiger charge is -2.33. The van der Waals surface area contributed by atoms with Crippen molar-refractivity contribution >= 4 is 35.0 Å². The van der Waals surface area contributed by atoms with Gasteiger partial charge in [-0.2, -0.15) is 0 Å². The Morgan fingerprint density at radius 2 is 1.84 bits per heavy atom. The van der Waals surface area contributed by atoms with E-state index in [9.17, 15) is 4.79 Å². The Kier molecular flexibility index (Phi) is 7.82. The van der Waals surface area contributed by atoms with Crippen LogP contribution in [0.3, 0.4) is 0 Å². The zero-order valence-electron chi connectivity index (χ0n) is 19.6. The predicted molar refractivity (Wildman–Crippen MR) is 130 cm³/mol. The number of piperidine rings is 1. The highest BCUT2D eigenvalue weighted by Gasteiger charge is 2.23. The van der Waals surface area contributed by atoms with E-state index in [1.807, 2.05) is 39.0 Å². The largest absolute Gasteiger partial charge is 0.444 e. The molecule has 1 aliphatic rings. The van der Waals surface area contributed by atoms with Gasteiger partial charge in [-0.15, -0.1) is 0 Å². The van der Waals surface area contributed by atoms with Crippen LogP contribution in [-0.2, 0) is 11.3 Å². The molecule has 32 heavy (non-hydrogen) atoms. The summed E-state index contributed by atoms with van der Waals surface area (Å²) >= 11 is 6.40. The number of nitrogens with one attached hydrogen (secondary N) is 2. The second-order valence-corrected chi connectivity index (χ2v) is 10.0. The lowest BCUT2D eigenvalue weighted by molar-refractivity contribution is 0.0523. The second kappa shape index (κ2) is 10.4. The average Bonchev–Trinajstić information content (AvgIpc) is 2.72. The van der Waals surface area contributed by atoms with Crippen LogP contribution in [-0.4, -0.2) is 34.8 Å². The Labute approximate surface area is 195 Å². The summed E-state index contributed by atoms with van der Waals surface area (Å²) in [5, 5.41) is 6.55. The highest BCUT2D eigenvalue weighted by atomic mass is 35.5. The van der Waals surface area contributed by atoms with Gasteiger partial charge in [0.15, 0.2) is 0 Å². The molecule has 1 fully saturated rings. The van der Waals surface area contributed by atoms with Crippen LogP contribution in [0, 0.1) is 11.8 Å². The Balaban J connectivity index is 1.54. The van der Waals surface area contributed by atoms with Gasteiger partial charge >= 0.3 is 6.09 Å². The maximum Gasteiger partial charge on any atom is 0.407 e. The molecule has 174 valence electrons. The third-order valence-electron chi connectivity index (χ3n) is 5.57. The third-order valence-corrected chi connectivity index (χ3v) is 5.92. The van der Waals surface area contributed by atoms with Gasteiger partial charge in [0.1, 0.15) is 5.60 Å². The lowest BCUT2D eigenvalue weighted by Crippen LogP contribution is -2.36. The molecule has 1 aliphatic heterocycles. The van der Waals surface area contributed by atoms with Crippen LogP contribution in [0.25, 0.3) is 0 Å². The van der Waals surface area contributed by atoms with Crippen molar-refractivity contribution < 1.29 is 9.53 Å². The van der Waals surface area contributed by atoms with Crippen LogP contribution in [0.15, 0.2) is 30.6 Å². The van der Waals surface area contributed by atoms with E-state index < -0.39 is 11.7 Å². The van der Waals surface area contributed by atoms with E-state index in [4.69, 9.17) is 16.3 Å². The Hall–Kier alpha value is -2.54. The molecule has 1 amide bonds. The Morgan fingerprint density at radius 1 is 1.19 bits per heavy atom. The van der Waals surface area contributed by atoms with Gasteiger partial charge in [0.05, 0.1) is 18.1 Å². The molecule has 0 radical (unpaired) electrons. The molecule has 0 aliphatic carbocycles. The summed E-state index contributed by atoms with van der Waals surface area (Å²) in [6.07, 6.45) is 5.50. The van der Waals surface area contributed by atoms with Crippen molar-refractivity contribution in [1.82, 2.24) is 15.3 Å². The summed E-state index contributed by atoms with van der Waals surface area (Å²) in [6, 6.07) is 5.59. The van der Waals surface area contributed by atoms with E-state index in [-0.39, 0.29) is 0 Å². The normalized spacial score (nSPS) is 15.0. The summed E-state index contributed by atoms with van der Waals surface area (Å²) in [5.74, 6) is 2.30. The summed E-state index contributed by atoms with van der Waals surface area (Å²) in [7, 11) is 0. The van der Waals surface area contributed by atoms with Crippen molar-refractivity contribution in [2.75, 3.05) is 23.3 Å². The number of aromatic nitrogens is 2. The first-order valence-electron chi connectivity index (χ1n) is 11.2. The monoisotopic (exact) mass is 459 g/mol. The molecule has 0 atom stereocenters. The van der Waals surface area contributed by atoms with Crippen molar-refractivity contribution in [3.63, 3.8) is 0 Å². The minimum absolute atomic E-state index is 0.291. The number of nitrogens with zero attached hydrogens (tertiary/aromatic N) is 3. The van der Waals surface area contributed by atoms with E-state index in [1.165, 1.54) is 12.8 Å². The number of hydrogen-bond acceptors (Lipinski definition) is 6. The highest BCUT2D eigenvalue weighted by molar-refractivity contribution is 6.31. The number of anilines is 3. The number of halogens is 1. The van der Waals surface area contributed by atoms with Crippen LogP contribution in [0.4, 0.5) is 22.1 Å². The number of carbonyl (C=O) groups excluding carboxylic acids is 1. The van der Waals surface area contributed by atoms with E-state index >= 15 is 0 Å². The molecule has 8 heteroatoms. The van der Waals surface area contributed by atoms with Gasteiger partial charge in [0.2, 0.25) is 5.95 Å². The smallest absolute Gasteiger partial charge is 0.407 e. The molecule has 3 rings (SSSR count). The van der Waals surface area contributed by atoms with Gasteiger partial charge in [-0.05, 0) is 63.1 Å². The molecule has 2 heterocycles. The van der Waals surface area contributed by atoms with Gasteiger partial charge in [-0.25, -0.2) is 14.8 Å². The zero-order chi connectivity index (χ0) is 23.3. The number of benzene rings is 1. The first kappa shape index (κ1) is 24.1. The predicted octanol–water partition coefficient (Wildman–Crippen LogP) is 5.77. The highest BCUT2D eigenvalue weighted by Crippen LogP contribution is 2.27. The summed E-state index contributed by atoms with van der Waals surface area (Å²) in [6.45, 7) is 12.4. The molecule has 0 bridgehead atoms. The van der Waals surface area contributed by atoms with Gasteiger partial charge < -0.3 is 20.3 Å². The van der Waals surface area contributed by atoms with Crippen LogP contribution in [0.1, 0.15) is 53.0 Å². The SMILES string of the molecule is CC(C)C1CCN(c2ncc(Nc3ccc(CNC(=O)OC(C)(C)C)c(Cl)c3)cn2)CC1. The molecule has 7 nitrogen and oxygen atoms in total. The van der Waals surface area contributed by atoms with Crippen LogP contribution < -0.4 is 15.5 Å². The van der Waals surface area contributed by atoms with E-state index in [0.717, 1.165) is 47.8 Å². The first-order valence-corrected chi connectivity index (χ1v) is 11.6. The van der Waals surface area contributed by atoms with Crippen molar-refractivity contribution in [2.24, 2.45) is 11.8 Å². The zero-order valence-corrected chi connectivity index (χ0v) is 20.4. The quantitative estimate of drug-likeness (QED) is 0.570. The van der Waals surface area contributed by atoms with Crippen molar-refractivity contribution in [1.29, 1.82) is 0 Å². The number of alkyl carbamates (subject to hydrolysis) is 1. The van der Waals surface area contributed by atoms with Gasteiger partial charge in [-0.1, -0.05) is 31.5 Å². The molecule has 2 N–H and O–H groups in total. The molecule has 1 aromatic heterocycles. The molecule has 1 saturated heterocycles. The summed E-state index contributed by atoms with van der Waals surface area (Å²) in [5.41, 5.74) is 1.88. The standard InChI is InChI=1S/C24H34ClN5O2/c1-16(2)17-8-10-30(11-9-17)22-26-14-20(15-27-22)29-19-7-6-18(21(25)12-19)13-28-23(31)32-24(3,4)5/h6-7,12,14-17,29H,8-11,13H2,1-5H3,(H,28,31). The fourth-order valence-corrected chi connectivity index (χ4v) is 3.98. The number of rotatable bonds is 6. The van der Waals surface area contributed by atoms with Crippen LogP contribution in [0.2, 0.25) is 5.02 Å². The fraction of sp³-hybridized carbons (Fsp3) is 0.542. The first-order chi connectivity index (χ1) is 15.1. The number of hydrogen-bond donors (Lipinski definition) is 2. The maximum atomic E-state index is 11.8. The minimum atomic E-state index is -0.538. The van der Waals surface area contributed by atoms with Crippen molar-refractivity contribution in [3.8, 4) is 0 Å².